The van der Waals surface area contributed by atoms with E-state index in [-0.39, 0.29) is 16.4 Å². The molecule has 0 amide bonds. The van der Waals surface area contributed by atoms with Gasteiger partial charge < -0.3 is 0 Å². The number of alkyl halides is 3. The van der Waals surface area contributed by atoms with Crippen LogP contribution in [0.2, 0.25) is 5.02 Å². The van der Waals surface area contributed by atoms with Gasteiger partial charge in [-0.2, -0.15) is 13.2 Å². The molecule has 3 nitrogen and oxygen atoms in total. The van der Waals surface area contributed by atoms with Gasteiger partial charge in [0.05, 0.1) is 10.6 Å². The number of benzene rings is 1. The van der Waals surface area contributed by atoms with Gasteiger partial charge in [-0.15, -0.1) is 10.5 Å². The summed E-state index contributed by atoms with van der Waals surface area (Å²) in [6.07, 6.45) is -4.43. The molecular formula is C7H2ClF3N3. The summed E-state index contributed by atoms with van der Waals surface area (Å²) in [6, 6.07) is 1.67. The summed E-state index contributed by atoms with van der Waals surface area (Å²) in [5, 5.41) is 6.54. The first-order valence-electron chi connectivity index (χ1n) is 3.51. The first kappa shape index (κ1) is 9.26. The maximum atomic E-state index is 12.3. The molecule has 1 aromatic rings. The quantitative estimate of drug-likeness (QED) is 0.641. The average molecular weight is 221 g/mol. The van der Waals surface area contributed by atoms with E-state index in [2.05, 4.69) is 15.8 Å². The van der Waals surface area contributed by atoms with Crippen LogP contribution in [0.1, 0.15) is 5.56 Å². The molecule has 1 heterocycles. The second-order valence-corrected chi connectivity index (χ2v) is 3.02. The summed E-state index contributed by atoms with van der Waals surface area (Å²) in [5.41, 5.74) is 2.86. The van der Waals surface area contributed by atoms with Gasteiger partial charge >= 0.3 is 6.18 Å². The van der Waals surface area contributed by atoms with Crippen molar-refractivity contribution in [3.05, 3.63) is 22.7 Å². The third kappa shape index (κ3) is 1.41. The lowest BCUT2D eigenvalue weighted by atomic mass is 10.1. The molecule has 1 aliphatic rings. The van der Waals surface area contributed by atoms with Crippen LogP contribution in [-0.2, 0) is 6.18 Å². The normalized spacial score (nSPS) is 14.0. The molecule has 0 bridgehead atoms. The molecule has 0 saturated heterocycles. The van der Waals surface area contributed by atoms with Gasteiger partial charge in [0.15, 0.2) is 0 Å². The second kappa shape index (κ2) is 2.84. The fourth-order valence-electron chi connectivity index (χ4n) is 1.04. The summed E-state index contributed by atoms with van der Waals surface area (Å²) < 4.78 is 36.8. The van der Waals surface area contributed by atoms with E-state index in [1.807, 2.05) is 0 Å². The van der Waals surface area contributed by atoms with Crippen LogP contribution >= 0.6 is 11.6 Å². The van der Waals surface area contributed by atoms with E-state index in [1.165, 1.54) is 0 Å². The first-order chi connectivity index (χ1) is 6.48. The molecule has 2 rings (SSSR count). The van der Waals surface area contributed by atoms with Crippen molar-refractivity contribution in [2.45, 2.75) is 6.18 Å². The Morgan fingerprint density at radius 1 is 1.21 bits per heavy atom. The van der Waals surface area contributed by atoms with Crippen LogP contribution in [0.25, 0.3) is 0 Å². The Kier molecular flexibility index (Phi) is 1.88. The largest absolute Gasteiger partial charge is 0.416 e. The second-order valence-electron chi connectivity index (χ2n) is 2.61. The molecule has 7 heteroatoms. The molecule has 73 valence electrons. The van der Waals surface area contributed by atoms with Crippen molar-refractivity contribution in [1.29, 1.82) is 0 Å². The molecule has 0 unspecified atom stereocenters. The highest BCUT2D eigenvalue weighted by atomic mass is 35.5. The Morgan fingerprint density at radius 3 is 2.57 bits per heavy atom. The summed E-state index contributed by atoms with van der Waals surface area (Å²) in [6.45, 7) is 0. The van der Waals surface area contributed by atoms with Crippen molar-refractivity contribution in [2.24, 2.45) is 10.3 Å². The molecule has 0 fully saturated rings. The number of rotatable bonds is 0. The van der Waals surface area contributed by atoms with Crippen LogP contribution in [0, 0.1) is 0 Å². The molecule has 1 radical (unpaired) electrons. The van der Waals surface area contributed by atoms with Crippen LogP contribution in [0.3, 0.4) is 0 Å². The van der Waals surface area contributed by atoms with Crippen LogP contribution < -0.4 is 5.43 Å². The van der Waals surface area contributed by atoms with Gasteiger partial charge in [-0.25, -0.2) is 0 Å². The topological polar surface area (TPSA) is 38.8 Å². The van der Waals surface area contributed by atoms with Crippen molar-refractivity contribution < 1.29 is 13.2 Å². The van der Waals surface area contributed by atoms with E-state index in [9.17, 15) is 13.2 Å². The van der Waals surface area contributed by atoms with Gasteiger partial charge in [0.2, 0.25) is 0 Å². The Morgan fingerprint density at radius 2 is 1.93 bits per heavy atom. The molecule has 0 atom stereocenters. The average Bonchev–Trinajstić information content (AvgIpc) is 2.50. The van der Waals surface area contributed by atoms with E-state index >= 15 is 0 Å². The summed E-state index contributed by atoms with van der Waals surface area (Å²) in [4.78, 5) is 0. The monoisotopic (exact) mass is 220 g/mol. The number of hydrogen-bond donors (Lipinski definition) is 0. The summed E-state index contributed by atoms with van der Waals surface area (Å²) in [5.74, 6) is 0. The third-order valence-electron chi connectivity index (χ3n) is 1.67. The zero-order chi connectivity index (χ0) is 10.3. The fraction of sp³-hybridized carbons (Fsp3) is 0.143. The molecule has 0 N–H and O–H groups in total. The predicted molar refractivity (Wildman–Crippen MR) is 42.8 cm³/mol. The lowest BCUT2D eigenvalue weighted by Gasteiger charge is -2.07. The van der Waals surface area contributed by atoms with E-state index in [4.69, 9.17) is 11.6 Å². The summed E-state index contributed by atoms with van der Waals surface area (Å²) in [7, 11) is 0. The smallest absolute Gasteiger partial charge is 0.166 e. The molecule has 1 aromatic carbocycles. The molecule has 0 aliphatic carbocycles. The van der Waals surface area contributed by atoms with Crippen molar-refractivity contribution >= 4 is 23.0 Å². The molecule has 1 aliphatic heterocycles. The lowest BCUT2D eigenvalue weighted by Crippen LogP contribution is -2.04. The van der Waals surface area contributed by atoms with Crippen LogP contribution in [0.15, 0.2) is 22.5 Å². The molecule has 0 spiro atoms. The van der Waals surface area contributed by atoms with Gasteiger partial charge in [-0.1, -0.05) is 11.6 Å². The minimum absolute atomic E-state index is 0.0461. The number of hydrogen-bond acceptors (Lipinski definition) is 2. The fourth-order valence-corrected chi connectivity index (χ4v) is 1.29. The van der Waals surface area contributed by atoms with E-state index in [0.717, 1.165) is 12.1 Å². The Hall–Kier alpha value is -1.30. The summed E-state index contributed by atoms with van der Waals surface area (Å²) >= 11 is 5.57. The lowest BCUT2D eigenvalue weighted by molar-refractivity contribution is -0.137. The first-order valence-corrected chi connectivity index (χ1v) is 3.89. The Balaban J connectivity index is 2.57. The minimum atomic E-state index is -4.43. The van der Waals surface area contributed by atoms with Crippen LogP contribution in [0.4, 0.5) is 24.5 Å². The zero-order valence-electron chi connectivity index (χ0n) is 6.51. The molecule has 0 saturated carbocycles. The van der Waals surface area contributed by atoms with Gasteiger partial charge in [-0.3, -0.25) is 0 Å². The standard InChI is InChI=1S/C7H2ClF3N3/c8-4-1-3(7(9,10)11)2-5-6(4)13-14-12-5/h1-2H. The number of nitrogens with zero attached hydrogens (tertiary/aromatic N) is 3. The predicted octanol–water partition coefficient (Wildman–Crippen LogP) is 3.61. The van der Waals surface area contributed by atoms with Gasteiger partial charge in [0.25, 0.3) is 0 Å². The Labute approximate surface area is 81.6 Å². The third-order valence-corrected chi connectivity index (χ3v) is 1.96. The van der Waals surface area contributed by atoms with Gasteiger partial charge in [0.1, 0.15) is 11.4 Å². The van der Waals surface area contributed by atoms with Crippen molar-refractivity contribution in [3.8, 4) is 0 Å². The van der Waals surface area contributed by atoms with Gasteiger partial charge in [-0.05, 0) is 17.4 Å². The van der Waals surface area contributed by atoms with Crippen LogP contribution in [0.5, 0.6) is 0 Å². The highest BCUT2D eigenvalue weighted by Gasteiger charge is 2.33. The maximum absolute atomic E-state index is 12.3. The number of halogens is 4. The molecule has 14 heavy (non-hydrogen) atoms. The molecular weight excluding hydrogens is 219 g/mol. The van der Waals surface area contributed by atoms with E-state index in [1.54, 1.807) is 0 Å². The van der Waals surface area contributed by atoms with Crippen molar-refractivity contribution in [2.75, 3.05) is 0 Å². The number of fused-ring (bicyclic) bond motifs is 1. The highest BCUT2D eigenvalue weighted by Crippen LogP contribution is 2.42. The molecule has 0 aromatic heterocycles. The maximum Gasteiger partial charge on any atom is 0.416 e. The minimum Gasteiger partial charge on any atom is -0.166 e. The Bertz CT molecular complexity index is 413. The van der Waals surface area contributed by atoms with E-state index < -0.39 is 11.7 Å². The van der Waals surface area contributed by atoms with E-state index in [0.29, 0.717) is 0 Å². The van der Waals surface area contributed by atoms with Crippen molar-refractivity contribution in [1.82, 2.24) is 5.43 Å². The highest BCUT2D eigenvalue weighted by molar-refractivity contribution is 6.33. The van der Waals surface area contributed by atoms with Crippen LogP contribution in [-0.4, -0.2) is 0 Å². The van der Waals surface area contributed by atoms with Gasteiger partial charge in [0, 0.05) is 0 Å². The van der Waals surface area contributed by atoms with Crippen molar-refractivity contribution in [3.63, 3.8) is 0 Å². The SMILES string of the molecule is FC(F)(F)c1cc(Cl)c2c(c1)N=N[N]2. The zero-order valence-corrected chi connectivity index (χ0v) is 7.26.